The Bertz CT molecular complexity index is 373. The second-order valence-electron chi connectivity index (χ2n) is 5.54. The lowest BCUT2D eigenvalue weighted by molar-refractivity contribution is 0.457. The van der Waals surface area contributed by atoms with Crippen LogP contribution in [0, 0.1) is 10.8 Å². The molecule has 1 fully saturated rings. The van der Waals surface area contributed by atoms with Gasteiger partial charge in [0, 0.05) is 4.88 Å². The van der Waals surface area contributed by atoms with Crippen LogP contribution >= 0.6 is 22.9 Å². The Kier molecular flexibility index (Phi) is 2.31. The molecule has 0 amide bonds. The van der Waals surface area contributed by atoms with Crippen LogP contribution in [0.3, 0.4) is 0 Å². The van der Waals surface area contributed by atoms with Crippen LogP contribution in [0.15, 0.2) is 11.4 Å². The van der Waals surface area contributed by atoms with Gasteiger partial charge in [-0.2, -0.15) is 0 Å². The highest BCUT2D eigenvalue weighted by Gasteiger charge is 2.78. The number of thiophene rings is 1. The zero-order chi connectivity index (χ0) is 11.5. The normalized spacial score (nSPS) is 25.2. The maximum atomic E-state index is 6.89. The van der Waals surface area contributed by atoms with Crippen molar-refractivity contribution < 1.29 is 0 Å². The zero-order valence-corrected chi connectivity index (χ0v) is 11.7. The molecule has 0 spiro atoms. The summed E-state index contributed by atoms with van der Waals surface area (Å²) in [7, 11) is 0. The average Bonchev–Trinajstić information content (AvgIpc) is 2.61. The molecular formula is C13H19ClS. The lowest BCUT2D eigenvalue weighted by Crippen LogP contribution is -2.07. The van der Waals surface area contributed by atoms with E-state index < -0.39 is 0 Å². The van der Waals surface area contributed by atoms with Gasteiger partial charge < -0.3 is 0 Å². The zero-order valence-electron chi connectivity index (χ0n) is 10.1. The molecule has 0 saturated heterocycles. The SMILES string of the molecule is CCc1ccsc1C1(Cl)C(C)(C)C1(C)C. The molecule has 84 valence electrons. The van der Waals surface area contributed by atoms with Crippen LogP contribution in [-0.2, 0) is 11.3 Å². The van der Waals surface area contributed by atoms with Crippen LogP contribution in [0.4, 0.5) is 0 Å². The average molecular weight is 243 g/mol. The predicted octanol–water partition coefficient (Wildman–Crippen LogP) is 4.81. The summed E-state index contributed by atoms with van der Waals surface area (Å²) in [5, 5.41) is 2.17. The molecule has 1 aliphatic rings. The van der Waals surface area contributed by atoms with Gasteiger partial charge in [0.25, 0.3) is 0 Å². The molecule has 0 aromatic carbocycles. The third-order valence-corrected chi connectivity index (χ3v) is 6.99. The van der Waals surface area contributed by atoms with Gasteiger partial charge in [0.05, 0.1) is 4.87 Å². The summed E-state index contributed by atoms with van der Waals surface area (Å²) in [6.45, 7) is 11.3. The summed E-state index contributed by atoms with van der Waals surface area (Å²) in [6.07, 6.45) is 1.08. The summed E-state index contributed by atoms with van der Waals surface area (Å²) in [5.41, 5.74) is 1.81. The first-order valence-electron chi connectivity index (χ1n) is 5.56. The van der Waals surface area contributed by atoms with Crippen molar-refractivity contribution >= 4 is 22.9 Å². The molecular weight excluding hydrogens is 224 g/mol. The van der Waals surface area contributed by atoms with Crippen LogP contribution in [-0.4, -0.2) is 0 Å². The van der Waals surface area contributed by atoms with E-state index in [-0.39, 0.29) is 15.7 Å². The van der Waals surface area contributed by atoms with Gasteiger partial charge in [0.1, 0.15) is 0 Å². The summed E-state index contributed by atoms with van der Waals surface area (Å²) in [5.74, 6) is 0. The van der Waals surface area contributed by atoms with E-state index >= 15 is 0 Å². The van der Waals surface area contributed by atoms with Gasteiger partial charge >= 0.3 is 0 Å². The first kappa shape index (κ1) is 11.5. The second kappa shape index (κ2) is 3.01. The Hall–Kier alpha value is -0.0100. The molecule has 1 aromatic heterocycles. The maximum absolute atomic E-state index is 6.89. The molecule has 1 heterocycles. The number of hydrogen-bond acceptors (Lipinski definition) is 1. The third kappa shape index (κ3) is 1.09. The smallest absolute Gasteiger partial charge is 0.0902 e. The van der Waals surface area contributed by atoms with Crippen LogP contribution in [0.5, 0.6) is 0 Å². The molecule has 2 rings (SSSR count). The highest BCUT2D eigenvalue weighted by atomic mass is 35.5. The van der Waals surface area contributed by atoms with E-state index in [1.807, 2.05) is 11.3 Å². The van der Waals surface area contributed by atoms with Gasteiger partial charge in [-0.1, -0.05) is 34.6 Å². The largest absolute Gasteiger partial charge is 0.147 e. The lowest BCUT2D eigenvalue weighted by Gasteiger charge is -2.13. The van der Waals surface area contributed by atoms with Gasteiger partial charge in [0.2, 0.25) is 0 Å². The Balaban J connectivity index is 2.50. The van der Waals surface area contributed by atoms with Crippen molar-refractivity contribution in [1.29, 1.82) is 0 Å². The predicted molar refractivity (Wildman–Crippen MR) is 68.8 cm³/mol. The van der Waals surface area contributed by atoms with Crippen LogP contribution in [0.2, 0.25) is 0 Å². The lowest BCUT2D eigenvalue weighted by atomic mass is 10.0. The minimum Gasteiger partial charge on any atom is -0.147 e. The topological polar surface area (TPSA) is 0 Å². The summed E-state index contributed by atoms with van der Waals surface area (Å²) in [4.78, 5) is 1.24. The standard InChI is InChI=1S/C13H19ClS/c1-6-9-7-8-15-10(9)13(14)11(2,3)12(13,4)5/h7-8H,6H2,1-5H3. The number of hydrogen-bond donors (Lipinski definition) is 0. The van der Waals surface area contributed by atoms with Gasteiger partial charge in [-0.25, -0.2) is 0 Å². The Morgan fingerprint density at radius 2 is 1.73 bits per heavy atom. The fraction of sp³-hybridized carbons (Fsp3) is 0.692. The molecule has 0 aliphatic heterocycles. The molecule has 0 N–H and O–H groups in total. The quantitative estimate of drug-likeness (QED) is 0.653. The highest BCUT2D eigenvalue weighted by molar-refractivity contribution is 7.10. The number of alkyl halides is 1. The van der Waals surface area contributed by atoms with Crippen molar-refractivity contribution in [1.82, 2.24) is 0 Å². The van der Waals surface area contributed by atoms with E-state index in [2.05, 4.69) is 46.1 Å². The third-order valence-electron chi connectivity index (χ3n) is 4.66. The summed E-state index contributed by atoms with van der Waals surface area (Å²) in [6, 6.07) is 2.22. The van der Waals surface area contributed by atoms with Crippen molar-refractivity contribution in [2.24, 2.45) is 10.8 Å². The molecule has 1 aliphatic carbocycles. The van der Waals surface area contributed by atoms with E-state index in [0.717, 1.165) is 6.42 Å². The maximum Gasteiger partial charge on any atom is 0.0902 e. The highest BCUT2D eigenvalue weighted by Crippen LogP contribution is 2.81. The summed E-state index contributed by atoms with van der Waals surface area (Å²) >= 11 is 8.70. The monoisotopic (exact) mass is 242 g/mol. The minimum absolute atomic E-state index is 0.153. The van der Waals surface area contributed by atoms with E-state index in [1.54, 1.807) is 0 Å². The number of aryl methyl sites for hydroxylation is 1. The van der Waals surface area contributed by atoms with Crippen molar-refractivity contribution in [3.05, 3.63) is 21.9 Å². The number of rotatable bonds is 2. The van der Waals surface area contributed by atoms with Crippen molar-refractivity contribution in [3.63, 3.8) is 0 Å². The summed E-state index contributed by atoms with van der Waals surface area (Å²) < 4.78 is 0. The fourth-order valence-corrected chi connectivity index (χ4v) is 4.81. The van der Waals surface area contributed by atoms with Gasteiger partial charge in [-0.15, -0.1) is 22.9 Å². The first-order chi connectivity index (χ1) is 6.80. The number of halogens is 1. The molecule has 1 aromatic rings. The molecule has 15 heavy (non-hydrogen) atoms. The molecule has 0 nitrogen and oxygen atoms in total. The van der Waals surface area contributed by atoms with E-state index in [0.29, 0.717) is 0 Å². The van der Waals surface area contributed by atoms with E-state index in [9.17, 15) is 0 Å². The van der Waals surface area contributed by atoms with Crippen LogP contribution < -0.4 is 0 Å². The van der Waals surface area contributed by atoms with Crippen molar-refractivity contribution in [2.75, 3.05) is 0 Å². The van der Waals surface area contributed by atoms with Gasteiger partial charge in [-0.05, 0) is 34.3 Å². The molecule has 0 unspecified atom stereocenters. The second-order valence-corrected chi connectivity index (χ2v) is 7.02. The van der Waals surface area contributed by atoms with Crippen molar-refractivity contribution in [2.45, 2.75) is 45.9 Å². The van der Waals surface area contributed by atoms with Crippen LogP contribution in [0.1, 0.15) is 45.1 Å². The Morgan fingerprint density at radius 3 is 2.13 bits per heavy atom. The van der Waals surface area contributed by atoms with E-state index in [1.165, 1.54) is 10.4 Å². The van der Waals surface area contributed by atoms with E-state index in [4.69, 9.17) is 11.6 Å². The van der Waals surface area contributed by atoms with Crippen molar-refractivity contribution in [3.8, 4) is 0 Å². The molecule has 1 saturated carbocycles. The van der Waals surface area contributed by atoms with Gasteiger partial charge in [-0.3, -0.25) is 0 Å². The molecule has 2 heteroatoms. The molecule has 0 bridgehead atoms. The fourth-order valence-electron chi connectivity index (χ4n) is 2.73. The molecule has 0 atom stereocenters. The van der Waals surface area contributed by atoms with Crippen LogP contribution in [0.25, 0.3) is 0 Å². The van der Waals surface area contributed by atoms with Gasteiger partial charge in [0.15, 0.2) is 0 Å². The molecule has 0 radical (unpaired) electrons. The first-order valence-corrected chi connectivity index (χ1v) is 6.82. The Labute approximate surface area is 102 Å². The Morgan fingerprint density at radius 1 is 1.20 bits per heavy atom. The minimum atomic E-state index is -0.153.